The number of ether oxygens (including phenoxy) is 1. The van der Waals surface area contributed by atoms with Crippen molar-refractivity contribution < 1.29 is 14.3 Å². The van der Waals surface area contributed by atoms with E-state index in [1.807, 2.05) is 36.6 Å². The first kappa shape index (κ1) is 21.8. The van der Waals surface area contributed by atoms with Crippen molar-refractivity contribution in [2.24, 2.45) is 0 Å². The lowest BCUT2D eigenvalue weighted by Gasteiger charge is -2.06. The van der Waals surface area contributed by atoms with E-state index in [4.69, 9.17) is 0 Å². The Balaban J connectivity index is 1.44. The molecular weight excluding hydrogens is 446 g/mol. The fourth-order valence-corrected chi connectivity index (χ4v) is 4.75. The molecule has 0 bridgehead atoms. The van der Waals surface area contributed by atoms with Crippen LogP contribution in [-0.4, -0.2) is 34.7 Å². The highest BCUT2D eigenvalue weighted by Crippen LogP contribution is 2.31. The van der Waals surface area contributed by atoms with Gasteiger partial charge in [-0.3, -0.25) is 9.59 Å². The Morgan fingerprint density at radius 2 is 1.84 bits per heavy atom. The van der Waals surface area contributed by atoms with Crippen LogP contribution in [0, 0.1) is 6.92 Å². The highest BCUT2D eigenvalue weighted by atomic mass is 32.2. The third kappa shape index (κ3) is 4.74. The number of aromatic amines is 1. The Labute approximate surface area is 191 Å². The van der Waals surface area contributed by atoms with Gasteiger partial charge in [0, 0.05) is 16.6 Å². The molecule has 0 radical (unpaired) electrons. The molecule has 162 valence electrons. The highest BCUT2D eigenvalue weighted by molar-refractivity contribution is 7.99. The summed E-state index contributed by atoms with van der Waals surface area (Å²) in [4.78, 5) is 44.4. The lowest BCUT2D eigenvalue weighted by atomic mass is 10.1. The Morgan fingerprint density at radius 1 is 1.12 bits per heavy atom. The number of nitrogens with one attached hydrogen (secondary N) is 2. The van der Waals surface area contributed by atoms with E-state index in [2.05, 4.69) is 20.0 Å². The lowest BCUT2D eigenvalue weighted by molar-refractivity contribution is -0.113. The zero-order valence-corrected chi connectivity index (χ0v) is 18.9. The van der Waals surface area contributed by atoms with E-state index in [9.17, 15) is 14.4 Å². The van der Waals surface area contributed by atoms with Gasteiger partial charge in [-0.15, -0.1) is 11.3 Å². The molecule has 2 aromatic heterocycles. The number of methoxy groups -OCH3 is 1. The maximum Gasteiger partial charge on any atom is 0.337 e. The van der Waals surface area contributed by atoms with E-state index in [0.29, 0.717) is 26.6 Å². The molecule has 0 saturated carbocycles. The van der Waals surface area contributed by atoms with Crippen LogP contribution in [0.1, 0.15) is 15.9 Å². The van der Waals surface area contributed by atoms with Gasteiger partial charge in [0.05, 0.1) is 23.8 Å². The lowest BCUT2D eigenvalue weighted by Crippen LogP contribution is -2.15. The maximum atomic E-state index is 12.7. The summed E-state index contributed by atoms with van der Waals surface area (Å²) in [6.45, 7) is 2.01. The average molecular weight is 466 g/mol. The highest BCUT2D eigenvalue weighted by Gasteiger charge is 2.14. The van der Waals surface area contributed by atoms with E-state index in [1.54, 1.807) is 24.3 Å². The number of thioether (sulfide) groups is 1. The Hall–Kier alpha value is -3.43. The second-order valence-corrected chi connectivity index (χ2v) is 8.79. The molecule has 0 atom stereocenters. The number of hydrogen-bond acceptors (Lipinski definition) is 7. The number of amides is 1. The van der Waals surface area contributed by atoms with Gasteiger partial charge in [0.1, 0.15) is 4.83 Å². The largest absolute Gasteiger partial charge is 0.465 e. The molecule has 0 aliphatic heterocycles. The van der Waals surface area contributed by atoms with Gasteiger partial charge in [-0.1, -0.05) is 41.6 Å². The average Bonchev–Trinajstić information content (AvgIpc) is 3.23. The monoisotopic (exact) mass is 465 g/mol. The zero-order valence-electron chi connectivity index (χ0n) is 17.3. The minimum absolute atomic E-state index is 0.0728. The number of aromatic nitrogens is 2. The van der Waals surface area contributed by atoms with Crippen LogP contribution in [0.2, 0.25) is 0 Å². The van der Waals surface area contributed by atoms with Crippen LogP contribution in [-0.2, 0) is 9.53 Å². The molecule has 0 spiro atoms. The van der Waals surface area contributed by atoms with Crippen LogP contribution in [0.15, 0.2) is 63.9 Å². The van der Waals surface area contributed by atoms with Crippen LogP contribution in [0.4, 0.5) is 5.69 Å². The van der Waals surface area contributed by atoms with Gasteiger partial charge in [0.15, 0.2) is 5.16 Å². The summed E-state index contributed by atoms with van der Waals surface area (Å²) < 4.78 is 4.65. The molecule has 9 heteroatoms. The molecule has 4 aromatic rings. The van der Waals surface area contributed by atoms with E-state index >= 15 is 0 Å². The van der Waals surface area contributed by atoms with E-state index in [1.165, 1.54) is 18.4 Å². The van der Waals surface area contributed by atoms with Gasteiger partial charge in [-0.2, -0.15) is 0 Å². The number of thiophene rings is 1. The van der Waals surface area contributed by atoms with Gasteiger partial charge >= 0.3 is 5.97 Å². The van der Waals surface area contributed by atoms with Crippen LogP contribution in [0.25, 0.3) is 21.3 Å². The van der Waals surface area contributed by atoms with E-state index < -0.39 is 5.97 Å². The number of rotatable bonds is 6. The van der Waals surface area contributed by atoms with E-state index in [-0.39, 0.29) is 17.2 Å². The number of aryl methyl sites for hydroxylation is 1. The van der Waals surface area contributed by atoms with Gasteiger partial charge < -0.3 is 15.0 Å². The molecule has 0 saturated heterocycles. The van der Waals surface area contributed by atoms with E-state index in [0.717, 1.165) is 28.5 Å². The Morgan fingerprint density at radius 3 is 2.53 bits per heavy atom. The second-order valence-electron chi connectivity index (χ2n) is 6.97. The minimum Gasteiger partial charge on any atom is -0.465 e. The molecule has 0 aliphatic rings. The first-order valence-corrected chi connectivity index (χ1v) is 11.5. The first-order chi connectivity index (χ1) is 15.4. The summed E-state index contributed by atoms with van der Waals surface area (Å²) in [6.07, 6.45) is 0. The third-order valence-corrected chi connectivity index (χ3v) is 6.46. The van der Waals surface area contributed by atoms with Crippen molar-refractivity contribution in [2.75, 3.05) is 18.2 Å². The third-order valence-electron chi connectivity index (χ3n) is 4.71. The number of carbonyl (C=O) groups excluding carboxylic acids is 2. The SMILES string of the molecule is COC(=O)c1ccc(NC(=O)CSc2nc3scc(-c4ccc(C)cc4)c3c(=O)[nH]2)cc1. The summed E-state index contributed by atoms with van der Waals surface area (Å²) in [7, 11) is 1.31. The molecule has 2 heterocycles. The van der Waals surface area contributed by atoms with Crippen molar-refractivity contribution in [1.29, 1.82) is 0 Å². The van der Waals surface area contributed by atoms with Crippen molar-refractivity contribution in [1.82, 2.24) is 9.97 Å². The zero-order chi connectivity index (χ0) is 22.7. The van der Waals surface area contributed by atoms with Gasteiger partial charge in [0.2, 0.25) is 5.91 Å². The molecule has 2 aromatic carbocycles. The van der Waals surface area contributed by atoms with Crippen LogP contribution in [0.5, 0.6) is 0 Å². The number of fused-ring (bicyclic) bond motifs is 1. The molecular formula is C23H19N3O4S2. The normalized spacial score (nSPS) is 10.8. The summed E-state index contributed by atoms with van der Waals surface area (Å²) in [5.74, 6) is -0.623. The van der Waals surface area contributed by atoms with Crippen molar-refractivity contribution in [3.63, 3.8) is 0 Å². The molecule has 4 rings (SSSR count). The predicted molar refractivity (Wildman–Crippen MR) is 128 cm³/mol. The summed E-state index contributed by atoms with van der Waals surface area (Å²) in [5, 5.41) is 5.62. The van der Waals surface area contributed by atoms with Crippen molar-refractivity contribution >= 4 is 50.9 Å². The molecule has 0 fully saturated rings. The van der Waals surface area contributed by atoms with Crippen molar-refractivity contribution in [2.45, 2.75) is 12.1 Å². The smallest absolute Gasteiger partial charge is 0.337 e. The first-order valence-electron chi connectivity index (χ1n) is 9.64. The summed E-state index contributed by atoms with van der Waals surface area (Å²) in [5.41, 5.74) is 3.69. The fraction of sp³-hybridized carbons (Fsp3) is 0.130. The van der Waals surface area contributed by atoms with Gasteiger partial charge in [-0.05, 0) is 36.8 Å². The molecule has 0 aliphatic carbocycles. The number of H-pyrrole nitrogens is 1. The van der Waals surface area contributed by atoms with Crippen LogP contribution < -0.4 is 10.9 Å². The molecule has 2 N–H and O–H groups in total. The number of anilines is 1. The van der Waals surface area contributed by atoms with Crippen molar-refractivity contribution in [3.05, 3.63) is 75.4 Å². The van der Waals surface area contributed by atoms with Crippen LogP contribution in [0.3, 0.4) is 0 Å². The molecule has 0 unspecified atom stereocenters. The Bertz CT molecular complexity index is 1340. The standard InChI is InChI=1S/C23H19N3O4S2/c1-13-3-5-14(6-4-13)17-11-31-21-19(17)20(28)25-23(26-21)32-12-18(27)24-16-9-7-15(8-10-16)22(29)30-2/h3-11H,12H2,1-2H3,(H,24,27)(H,25,26,28). The van der Waals surface area contributed by atoms with Gasteiger partial charge in [0.25, 0.3) is 5.56 Å². The Kier molecular flexibility index (Phi) is 6.38. The summed E-state index contributed by atoms with van der Waals surface area (Å²) >= 11 is 2.55. The quantitative estimate of drug-likeness (QED) is 0.247. The van der Waals surface area contributed by atoms with Crippen molar-refractivity contribution in [3.8, 4) is 11.1 Å². The predicted octanol–water partition coefficient (Wildman–Crippen LogP) is 4.48. The minimum atomic E-state index is -0.442. The van der Waals surface area contributed by atoms with Gasteiger partial charge in [-0.25, -0.2) is 9.78 Å². The number of hydrogen-bond donors (Lipinski definition) is 2. The second kappa shape index (κ2) is 9.37. The number of carbonyl (C=O) groups is 2. The molecule has 7 nitrogen and oxygen atoms in total. The summed E-state index contributed by atoms with van der Waals surface area (Å²) in [6, 6.07) is 14.4. The van der Waals surface area contributed by atoms with Crippen LogP contribution >= 0.6 is 23.1 Å². The topological polar surface area (TPSA) is 101 Å². The maximum absolute atomic E-state index is 12.7. The number of esters is 1. The number of benzene rings is 2. The molecule has 1 amide bonds. The molecule has 32 heavy (non-hydrogen) atoms. The fourth-order valence-electron chi connectivity index (χ4n) is 3.08. The number of nitrogens with zero attached hydrogens (tertiary/aromatic N) is 1.